The third kappa shape index (κ3) is 5.22. The number of ether oxygens (including phenoxy) is 1. The Kier molecular flexibility index (Phi) is 7.29. The minimum Gasteiger partial charge on any atom is -0.495 e. The summed E-state index contributed by atoms with van der Waals surface area (Å²) >= 11 is 6.05. The summed E-state index contributed by atoms with van der Waals surface area (Å²) in [4.78, 5) is 13.1. The molecule has 0 saturated carbocycles. The van der Waals surface area contributed by atoms with Crippen LogP contribution in [0.4, 0.5) is 5.69 Å². The van der Waals surface area contributed by atoms with Gasteiger partial charge >= 0.3 is 0 Å². The molecule has 168 valence electrons. The molecule has 2 aromatic rings. The van der Waals surface area contributed by atoms with Gasteiger partial charge in [0.1, 0.15) is 10.6 Å². The SMILES string of the molecule is COc1ccc(C(C)C)cc1S(=O)(=O)N1CCC[C@@H](C(=O)Nc2cc(Cl)ccc2C)C1. The minimum absolute atomic E-state index is 0.128. The van der Waals surface area contributed by atoms with Crippen LogP contribution in [0.15, 0.2) is 41.3 Å². The van der Waals surface area contributed by atoms with Crippen LogP contribution in [0.25, 0.3) is 0 Å². The Morgan fingerprint density at radius 2 is 1.97 bits per heavy atom. The number of piperidine rings is 1. The number of benzene rings is 2. The highest BCUT2D eigenvalue weighted by atomic mass is 35.5. The second kappa shape index (κ2) is 9.59. The van der Waals surface area contributed by atoms with E-state index in [9.17, 15) is 13.2 Å². The molecule has 1 saturated heterocycles. The van der Waals surface area contributed by atoms with Crippen LogP contribution in [0.5, 0.6) is 5.75 Å². The standard InChI is InChI=1S/C23H29ClN2O4S/c1-15(2)17-8-10-21(30-4)22(12-17)31(28,29)26-11-5-6-18(14-26)23(27)25-20-13-19(24)9-7-16(20)3/h7-10,12-13,15,18H,5-6,11,14H2,1-4H3,(H,25,27)/t18-/m1/s1. The summed E-state index contributed by atoms with van der Waals surface area (Å²) in [5.41, 5.74) is 2.46. The van der Waals surface area contributed by atoms with Crippen molar-refractivity contribution >= 4 is 33.2 Å². The van der Waals surface area contributed by atoms with Crippen LogP contribution in [-0.2, 0) is 14.8 Å². The molecule has 1 N–H and O–H groups in total. The zero-order valence-electron chi connectivity index (χ0n) is 18.3. The first-order valence-electron chi connectivity index (χ1n) is 10.4. The Bertz CT molecular complexity index is 1070. The Balaban J connectivity index is 1.83. The number of anilines is 1. The summed E-state index contributed by atoms with van der Waals surface area (Å²) in [7, 11) is -2.35. The highest BCUT2D eigenvalue weighted by Crippen LogP contribution is 2.33. The number of halogens is 1. The molecular formula is C23H29ClN2O4S. The van der Waals surface area contributed by atoms with Crippen molar-refractivity contribution < 1.29 is 17.9 Å². The van der Waals surface area contributed by atoms with Crippen LogP contribution in [0, 0.1) is 12.8 Å². The third-order valence-electron chi connectivity index (χ3n) is 5.68. The summed E-state index contributed by atoms with van der Waals surface area (Å²) in [6.07, 6.45) is 1.23. The second-order valence-corrected chi connectivity index (χ2v) is 10.6. The largest absolute Gasteiger partial charge is 0.495 e. The van der Waals surface area contributed by atoms with Gasteiger partial charge in [0.2, 0.25) is 15.9 Å². The molecule has 1 aliphatic rings. The quantitative estimate of drug-likeness (QED) is 0.664. The van der Waals surface area contributed by atoms with Crippen molar-refractivity contribution in [3.8, 4) is 5.75 Å². The first-order chi connectivity index (χ1) is 14.6. The van der Waals surface area contributed by atoms with Crippen LogP contribution in [-0.4, -0.2) is 38.8 Å². The van der Waals surface area contributed by atoms with Gasteiger partial charge in [-0.05, 0) is 61.1 Å². The number of carbonyl (C=O) groups is 1. The van der Waals surface area contributed by atoms with E-state index in [1.165, 1.54) is 11.4 Å². The number of rotatable bonds is 6. The van der Waals surface area contributed by atoms with Crippen LogP contribution >= 0.6 is 11.6 Å². The zero-order chi connectivity index (χ0) is 22.8. The number of amides is 1. The Labute approximate surface area is 189 Å². The van der Waals surface area contributed by atoms with Gasteiger partial charge in [-0.25, -0.2) is 8.42 Å². The van der Waals surface area contributed by atoms with Gasteiger partial charge in [0.25, 0.3) is 0 Å². The van der Waals surface area contributed by atoms with E-state index in [2.05, 4.69) is 5.32 Å². The van der Waals surface area contributed by atoms with Crippen molar-refractivity contribution in [1.29, 1.82) is 0 Å². The predicted octanol–water partition coefficient (Wildman–Crippen LogP) is 4.82. The first kappa shape index (κ1) is 23.6. The average molecular weight is 465 g/mol. The fourth-order valence-electron chi connectivity index (χ4n) is 3.73. The van der Waals surface area contributed by atoms with Gasteiger partial charge in [-0.3, -0.25) is 4.79 Å². The van der Waals surface area contributed by atoms with Gasteiger partial charge in [0.05, 0.1) is 13.0 Å². The predicted molar refractivity (Wildman–Crippen MR) is 123 cm³/mol. The van der Waals surface area contributed by atoms with E-state index in [1.54, 1.807) is 24.3 Å². The molecular weight excluding hydrogens is 436 g/mol. The summed E-state index contributed by atoms with van der Waals surface area (Å²) in [6, 6.07) is 10.6. The smallest absolute Gasteiger partial charge is 0.246 e. The maximum Gasteiger partial charge on any atom is 0.246 e. The first-order valence-corrected chi connectivity index (χ1v) is 12.2. The lowest BCUT2D eigenvalue weighted by Gasteiger charge is -2.31. The molecule has 1 fully saturated rings. The van der Waals surface area contributed by atoms with Crippen LogP contribution in [0.3, 0.4) is 0 Å². The fourth-order valence-corrected chi connectivity index (χ4v) is 5.62. The maximum absolute atomic E-state index is 13.5. The van der Waals surface area contributed by atoms with Gasteiger partial charge in [-0.1, -0.05) is 37.6 Å². The number of hydrogen-bond donors (Lipinski definition) is 1. The van der Waals surface area contributed by atoms with E-state index in [-0.39, 0.29) is 23.3 Å². The minimum atomic E-state index is -3.81. The molecule has 31 heavy (non-hydrogen) atoms. The van der Waals surface area contributed by atoms with Crippen LogP contribution in [0.2, 0.25) is 5.02 Å². The summed E-state index contributed by atoms with van der Waals surface area (Å²) in [5.74, 6) is -0.152. The Morgan fingerprint density at radius 1 is 1.23 bits per heavy atom. The van der Waals surface area contributed by atoms with Crippen LogP contribution in [0.1, 0.15) is 43.7 Å². The van der Waals surface area contributed by atoms with Crippen molar-refractivity contribution in [3.63, 3.8) is 0 Å². The molecule has 0 aromatic heterocycles. The number of hydrogen-bond acceptors (Lipinski definition) is 4. The van der Waals surface area contributed by atoms with Crippen LogP contribution < -0.4 is 10.1 Å². The second-order valence-electron chi connectivity index (χ2n) is 8.22. The molecule has 1 aliphatic heterocycles. The third-order valence-corrected chi connectivity index (χ3v) is 7.81. The van der Waals surface area contributed by atoms with E-state index in [1.807, 2.05) is 32.9 Å². The van der Waals surface area contributed by atoms with Crippen molar-refractivity contribution in [2.75, 3.05) is 25.5 Å². The number of methoxy groups -OCH3 is 1. The molecule has 0 unspecified atom stereocenters. The highest BCUT2D eigenvalue weighted by molar-refractivity contribution is 7.89. The molecule has 8 heteroatoms. The zero-order valence-corrected chi connectivity index (χ0v) is 19.9. The lowest BCUT2D eigenvalue weighted by Crippen LogP contribution is -2.43. The number of carbonyl (C=O) groups excluding carboxylic acids is 1. The van der Waals surface area contributed by atoms with Gasteiger partial charge in [-0.15, -0.1) is 0 Å². The van der Waals surface area contributed by atoms with Gasteiger partial charge in [0.15, 0.2) is 0 Å². The topological polar surface area (TPSA) is 75.7 Å². The highest BCUT2D eigenvalue weighted by Gasteiger charge is 2.35. The molecule has 0 aliphatic carbocycles. The molecule has 3 rings (SSSR count). The normalized spacial score (nSPS) is 17.5. The lowest BCUT2D eigenvalue weighted by molar-refractivity contribution is -0.120. The Hall–Kier alpha value is -2.09. The van der Waals surface area contributed by atoms with Gasteiger partial charge in [0, 0.05) is 23.8 Å². The molecule has 0 bridgehead atoms. The number of sulfonamides is 1. The summed E-state index contributed by atoms with van der Waals surface area (Å²) < 4.78 is 33.7. The van der Waals surface area contributed by atoms with Gasteiger partial charge < -0.3 is 10.1 Å². The van der Waals surface area contributed by atoms with E-state index in [4.69, 9.17) is 16.3 Å². The molecule has 2 aromatic carbocycles. The molecule has 0 radical (unpaired) electrons. The van der Waals surface area contributed by atoms with Crippen molar-refractivity contribution in [1.82, 2.24) is 4.31 Å². The average Bonchev–Trinajstić information content (AvgIpc) is 2.75. The van der Waals surface area contributed by atoms with Crippen molar-refractivity contribution in [2.45, 2.75) is 44.4 Å². The van der Waals surface area contributed by atoms with E-state index >= 15 is 0 Å². The monoisotopic (exact) mass is 464 g/mol. The van der Waals surface area contributed by atoms with E-state index in [0.717, 1.165) is 11.1 Å². The van der Waals surface area contributed by atoms with E-state index < -0.39 is 15.9 Å². The summed E-state index contributed by atoms with van der Waals surface area (Å²) in [5, 5.41) is 3.44. The maximum atomic E-state index is 13.5. The molecule has 1 atom stereocenters. The number of nitrogens with one attached hydrogen (secondary N) is 1. The molecule has 1 heterocycles. The molecule has 1 amide bonds. The number of nitrogens with zero attached hydrogens (tertiary/aromatic N) is 1. The molecule has 0 spiro atoms. The summed E-state index contributed by atoms with van der Waals surface area (Å²) in [6.45, 7) is 6.41. The molecule has 6 nitrogen and oxygen atoms in total. The van der Waals surface area contributed by atoms with Gasteiger partial charge in [-0.2, -0.15) is 4.31 Å². The number of aryl methyl sites for hydroxylation is 1. The Morgan fingerprint density at radius 3 is 2.65 bits per heavy atom. The van der Waals surface area contributed by atoms with Crippen molar-refractivity contribution in [2.24, 2.45) is 5.92 Å². The fraction of sp³-hybridized carbons (Fsp3) is 0.435. The van der Waals surface area contributed by atoms with E-state index in [0.29, 0.717) is 35.8 Å². The lowest BCUT2D eigenvalue weighted by atomic mass is 9.98. The van der Waals surface area contributed by atoms with Crippen molar-refractivity contribution in [3.05, 3.63) is 52.5 Å².